The monoisotopic (exact) mass is 310 g/mol. The molecule has 2 heterocycles. The van der Waals surface area contributed by atoms with Crippen molar-refractivity contribution in [1.82, 2.24) is 14.9 Å². The maximum atomic E-state index is 12.5. The summed E-state index contributed by atoms with van der Waals surface area (Å²) in [6, 6.07) is 7.83. The Hall–Kier alpha value is -2.43. The van der Waals surface area contributed by atoms with Gasteiger partial charge in [-0.1, -0.05) is 17.7 Å². The topological polar surface area (TPSA) is 58.1 Å². The van der Waals surface area contributed by atoms with Gasteiger partial charge >= 0.3 is 0 Å². The number of benzene rings is 1. The zero-order chi connectivity index (χ0) is 16.2. The van der Waals surface area contributed by atoms with E-state index in [9.17, 15) is 4.79 Å². The van der Waals surface area contributed by atoms with Gasteiger partial charge in [0.1, 0.15) is 5.69 Å². The van der Waals surface area contributed by atoms with Gasteiger partial charge in [0.25, 0.3) is 5.91 Å². The average Bonchev–Trinajstić information content (AvgIpc) is 2.58. The van der Waals surface area contributed by atoms with Gasteiger partial charge in [-0.05, 0) is 50.8 Å². The lowest BCUT2D eigenvalue weighted by molar-refractivity contribution is 0.0718. The van der Waals surface area contributed by atoms with E-state index in [4.69, 9.17) is 0 Å². The summed E-state index contributed by atoms with van der Waals surface area (Å²) < 4.78 is 0. The zero-order valence-electron chi connectivity index (χ0n) is 13.7. The van der Waals surface area contributed by atoms with Crippen LogP contribution >= 0.6 is 0 Å². The maximum Gasteiger partial charge on any atom is 0.272 e. The van der Waals surface area contributed by atoms with Crippen LogP contribution in [0.2, 0.25) is 0 Å². The van der Waals surface area contributed by atoms with Gasteiger partial charge in [0.15, 0.2) is 0 Å². The minimum Gasteiger partial charge on any atom is -0.337 e. The first-order valence-electron chi connectivity index (χ1n) is 8.10. The van der Waals surface area contributed by atoms with Crippen molar-refractivity contribution in [3.8, 4) is 0 Å². The summed E-state index contributed by atoms with van der Waals surface area (Å²) in [5, 5.41) is 3.20. The number of likely N-dealkylation sites (tertiary alicyclic amines) is 1. The SMILES string of the molecule is Cc1ccc(Nc2nccc(C(=O)N3CCCCC3)n2)c(C)c1. The summed E-state index contributed by atoms with van der Waals surface area (Å²) in [5.41, 5.74) is 3.75. The number of aryl methyl sites for hydroxylation is 2. The van der Waals surface area contributed by atoms with Gasteiger partial charge < -0.3 is 10.2 Å². The van der Waals surface area contributed by atoms with Gasteiger partial charge in [0, 0.05) is 25.0 Å². The van der Waals surface area contributed by atoms with Crippen LogP contribution in [0, 0.1) is 13.8 Å². The lowest BCUT2D eigenvalue weighted by atomic mass is 10.1. The van der Waals surface area contributed by atoms with Gasteiger partial charge in [-0.25, -0.2) is 9.97 Å². The van der Waals surface area contributed by atoms with Crippen LogP contribution in [0.4, 0.5) is 11.6 Å². The van der Waals surface area contributed by atoms with Crippen LogP contribution in [0.3, 0.4) is 0 Å². The second-order valence-corrected chi connectivity index (χ2v) is 6.06. The second kappa shape index (κ2) is 6.77. The van der Waals surface area contributed by atoms with Gasteiger partial charge in [-0.2, -0.15) is 0 Å². The lowest BCUT2D eigenvalue weighted by Gasteiger charge is -2.26. The highest BCUT2D eigenvalue weighted by Gasteiger charge is 2.19. The van der Waals surface area contributed by atoms with Crippen molar-refractivity contribution < 1.29 is 4.79 Å². The molecular weight excluding hydrogens is 288 g/mol. The van der Waals surface area contributed by atoms with Crippen LogP contribution in [-0.2, 0) is 0 Å². The van der Waals surface area contributed by atoms with Gasteiger partial charge in [0.2, 0.25) is 5.95 Å². The van der Waals surface area contributed by atoms with Gasteiger partial charge in [-0.3, -0.25) is 4.79 Å². The van der Waals surface area contributed by atoms with Crippen LogP contribution < -0.4 is 5.32 Å². The third kappa shape index (κ3) is 3.67. The van der Waals surface area contributed by atoms with Gasteiger partial charge in [-0.15, -0.1) is 0 Å². The van der Waals surface area contributed by atoms with E-state index in [0.29, 0.717) is 11.6 Å². The predicted molar refractivity (Wildman–Crippen MR) is 91.0 cm³/mol. The molecule has 1 aromatic carbocycles. The van der Waals surface area contributed by atoms with Crippen molar-refractivity contribution in [2.24, 2.45) is 0 Å². The Kier molecular flexibility index (Phi) is 4.55. The van der Waals surface area contributed by atoms with Crippen molar-refractivity contribution >= 4 is 17.5 Å². The molecule has 23 heavy (non-hydrogen) atoms. The fourth-order valence-corrected chi connectivity index (χ4v) is 2.87. The summed E-state index contributed by atoms with van der Waals surface area (Å²) in [5.74, 6) is 0.454. The molecular formula is C18H22N4O. The molecule has 0 spiro atoms. The number of nitrogens with zero attached hydrogens (tertiary/aromatic N) is 3. The van der Waals surface area contributed by atoms with Crippen LogP contribution in [-0.4, -0.2) is 33.9 Å². The summed E-state index contributed by atoms with van der Waals surface area (Å²) in [7, 11) is 0. The first kappa shape index (κ1) is 15.5. The van der Waals surface area contributed by atoms with Crippen molar-refractivity contribution in [3.05, 3.63) is 47.3 Å². The number of carbonyl (C=O) groups is 1. The molecule has 1 saturated heterocycles. The molecule has 1 aliphatic heterocycles. The maximum absolute atomic E-state index is 12.5. The normalized spacial score (nSPS) is 14.6. The largest absolute Gasteiger partial charge is 0.337 e. The Bertz CT molecular complexity index is 708. The molecule has 1 N–H and O–H groups in total. The fourth-order valence-electron chi connectivity index (χ4n) is 2.87. The first-order chi connectivity index (χ1) is 11.1. The number of carbonyl (C=O) groups excluding carboxylic acids is 1. The van der Waals surface area contributed by atoms with E-state index in [0.717, 1.165) is 37.2 Å². The summed E-state index contributed by atoms with van der Waals surface area (Å²) in [6.45, 7) is 5.74. The average molecular weight is 310 g/mol. The van der Waals surface area contributed by atoms with Gasteiger partial charge in [0.05, 0.1) is 0 Å². The summed E-state index contributed by atoms with van der Waals surface area (Å²) in [4.78, 5) is 23.0. The quantitative estimate of drug-likeness (QED) is 0.943. The predicted octanol–water partition coefficient (Wildman–Crippen LogP) is 3.46. The second-order valence-electron chi connectivity index (χ2n) is 6.06. The fraction of sp³-hybridized carbons (Fsp3) is 0.389. The molecule has 0 radical (unpaired) electrons. The third-order valence-corrected chi connectivity index (χ3v) is 4.15. The number of hydrogen-bond donors (Lipinski definition) is 1. The lowest BCUT2D eigenvalue weighted by Crippen LogP contribution is -2.36. The molecule has 2 aromatic rings. The van der Waals surface area contributed by atoms with E-state index in [1.807, 2.05) is 24.0 Å². The van der Waals surface area contributed by atoms with Crippen molar-refractivity contribution in [2.45, 2.75) is 33.1 Å². The molecule has 1 aromatic heterocycles. The highest BCUT2D eigenvalue weighted by Crippen LogP contribution is 2.20. The van der Waals surface area contributed by atoms with Crippen LogP contribution in [0.1, 0.15) is 40.9 Å². The molecule has 1 fully saturated rings. The Morgan fingerprint density at radius 3 is 2.65 bits per heavy atom. The van der Waals surface area contributed by atoms with Crippen molar-refractivity contribution in [2.75, 3.05) is 18.4 Å². The number of aromatic nitrogens is 2. The number of amides is 1. The molecule has 0 atom stereocenters. The number of hydrogen-bond acceptors (Lipinski definition) is 4. The minimum absolute atomic E-state index is 0.00391. The standard InChI is InChI=1S/C18H22N4O/c1-13-6-7-15(14(2)12-13)20-18-19-9-8-16(21-18)17(23)22-10-4-3-5-11-22/h6-9,12H,3-5,10-11H2,1-2H3,(H,19,20,21). The number of rotatable bonds is 3. The van der Waals surface area contributed by atoms with Crippen molar-refractivity contribution in [3.63, 3.8) is 0 Å². The van der Waals surface area contributed by atoms with E-state index in [1.165, 1.54) is 12.0 Å². The van der Waals surface area contributed by atoms with Crippen LogP contribution in [0.25, 0.3) is 0 Å². The Morgan fingerprint density at radius 1 is 1.13 bits per heavy atom. The highest BCUT2D eigenvalue weighted by molar-refractivity contribution is 5.92. The molecule has 5 nitrogen and oxygen atoms in total. The van der Waals surface area contributed by atoms with E-state index in [-0.39, 0.29) is 5.91 Å². The van der Waals surface area contributed by atoms with Crippen LogP contribution in [0.15, 0.2) is 30.5 Å². The molecule has 120 valence electrons. The molecule has 0 unspecified atom stereocenters. The van der Waals surface area contributed by atoms with E-state index in [2.05, 4.69) is 28.3 Å². The third-order valence-electron chi connectivity index (χ3n) is 4.15. The number of anilines is 2. The Morgan fingerprint density at radius 2 is 1.91 bits per heavy atom. The molecule has 5 heteroatoms. The molecule has 3 rings (SSSR count). The van der Waals surface area contributed by atoms with E-state index < -0.39 is 0 Å². The molecule has 0 bridgehead atoms. The van der Waals surface area contributed by atoms with E-state index >= 15 is 0 Å². The highest BCUT2D eigenvalue weighted by atomic mass is 16.2. The zero-order valence-corrected chi connectivity index (χ0v) is 13.7. The Labute approximate surface area is 136 Å². The molecule has 0 aliphatic carbocycles. The first-order valence-corrected chi connectivity index (χ1v) is 8.10. The molecule has 1 amide bonds. The number of piperidine rings is 1. The number of nitrogens with one attached hydrogen (secondary N) is 1. The van der Waals surface area contributed by atoms with Crippen LogP contribution in [0.5, 0.6) is 0 Å². The summed E-state index contributed by atoms with van der Waals surface area (Å²) >= 11 is 0. The van der Waals surface area contributed by atoms with E-state index in [1.54, 1.807) is 12.3 Å². The smallest absolute Gasteiger partial charge is 0.272 e. The van der Waals surface area contributed by atoms with Crippen molar-refractivity contribution in [1.29, 1.82) is 0 Å². The summed E-state index contributed by atoms with van der Waals surface area (Å²) in [6.07, 6.45) is 4.98. The Balaban J connectivity index is 1.78. The molecule has 0 saturated carbocycles. The minimum atomic E-state index is -0.00391. The molecule has 1 aliphatic rings.